The molecule has 0 aliphatic rings. The normalized spacial score (nSPS) is 12.0. The van der Waals surface area contributed by atoms with Crippen LogP contribution < -0.4 is 5.32 Å². The fraction of sp³-hybridized carbons (Fsp3) is 0.0909. The van der Waals surface area contributed by atoms with Crippen LogP contribution in [-0.4, -0.2) is 27.8 Å². The van der Waals surface area contributed by atoms with Gasteiger partial charge in [-0.25, -0.2) is 4.39 Å². The van der Waals surface area contributed by atoms with Crippen molar-refractivity contribution in [3.05, 3.63) is 87.0 Å². The average molecular weight is 495 g/mol. The van der Waals surface area contributed by atoms with Gasteiger partial charge in [-0.05, 0) is 47.5 Å². The van der Waals surface area contributed by atoms with Gasteiger partial charge in [0.25, 0.3) is 5.91 Å². The highest BCUT2D eigenvalue weighted by molar-refractivity contribution is 6.35. The number of rotatable bonds is 6. The van der Waals surface area contributed by atoms with Crippen LogP contribution in [0.15, 0.2) is 59.4 Å². The summed E-state index contributed by atoms with van der Waals surface area (Å²) < 4.78 is 18.8. The third-order valence-corrected chi connectivity index (χ3v) is 5.49. The summed E-state index contributed by atoms with van der Waals surface area (Å²) in [6, 6.07) is 9.85. The highest BCUT2D eigenvalue weighted by Gasteiger charge is 2.20. The van der Waals surface area contributed by atoms with Crippen LogP contribution in [0.2, 0.25) is 15.1 Å². The minimum atomic E-state index is -0.776. The first-order chi connectivity index (χ1) is 15.4. The molecule has 6 nitrogen and oxygen atoms in total. The molecule has 164 valence electrons. The maximum Gasteiger partial charge on any atom is 0.268 e. The summed E-state index contributed by atoms with van der Waals surface area (Å²) in [4.78, 5) is 15.6. The summed E-state index contributed by atoms with van der Waals surface area (Å²) in [5.41, 5.74) is 2.62. The fourth-order valence-corrected chi connectivity index (χ4v) is 3.93. The Bertz CT molecular complexity index is 1270. The zero-order chi connectivity index (χ0) is 22.8. The van der Waals surface area contributed by atoms with Gasteiger partial charge in [0.2, 0.25) is 0 Å². The number of aromatic nitrogens is 2. The minimum Gasteiger partial charge on any atom is -0.394 e. The van der Waals surface area contributed by atoms with Crippen LogP contribution in [0.3, 0.4) is 0 Å². The Balaban J connectivity index is 1.57. The Kier molecular flexibility index (Phi) is 6.53. The first kappa shape index (κ1) is 22.4. The minimum absolute atomic E-state index is 0.101. The van der Waals surface area contributed by atoms with E-state index in [0.29, 0.717) is 38.1 Å². The average Bonchev–Trinajstić information content (AvgIpc) is 3.42. The van der Waals surface area contributed by atoms with E-state index in [1.165, 1.54) is 24.4 Å². The van der Waals surface area contributed by atoms with E-state index in [-0.39, 0.29) is 10.7 Å². The predicted molar refractivity (Wildman–Crippen MR) is 120 cm³/mol. The van der Waals surface area contributed by atoms with Crippen LogP contribution in [0.4, 0.5) is 4.39 Å². The Morgan fingerprint density at radius 1 is 1.12 bits per heavy atom. The second-order valence-electron chi connectivity index (χ2n) is 6.91. The number of nitrogens with zero attached hydrogens (tertiary/aromatic N) is 1. The van der Waals surface area contributed by atoms with Crippen LogP contribution in [0, 0.1) is 5.82 Å². The predicted octanol–water partition coefficient (Wildman–Crippen LogP) is 5.90. The van der Waals surface area contributed by atoms with Gasteiger partial charge in [0, 0.05) is 27.4 Å². The number of benzene rings is 2. The number of aliphatic hydroxyl groups is 1. The Morgan fingerprint density at radius 3 is 2.56 bits per heavy atom. The van der Waals surface area contributed by atoms with Crippen molar-refractivity contribution in [2.45, 2.75) is 6.04 Å². The van der Waals surface area contributed by atoms with Gasteiger partial charge in [-0.15, -0.1) is 0 Å². The van der Waals surface area contributed by atoms with Gasteiger partial charge in [0.1, 0.15) is 11.5 Å². The summed E-state index contributed by atoms with van der Waals surface area (Å²) >= 11 is 18.0. The molecule has 4 rings (SSSR count). The second kappa shape index (κ2) is 9.34. The van der Waals surface area contributed by atoms with Gasteiger partial charge in [-0.3, -0.25) is 4.79 Å². The molecule has 1 amide bonds. The number of halogens is 4. The number of carbonyl (C=O) groups is 1. The Morgan fingerprint density at radius 2 is 1.88 bits per heavy atom. The van der Waals surface area contributed by atoms with Crippen molar-refractivity contribution >= 4 is 40.7 Å². The maximum atomic E-state index is 13.4. The molecular formula is C22H15Cl3FN3O3. The molecule has 1 atom stereocenters. The molecule has 0 spiro atoms. The number of amides is 1. The van der Waals surface area contributed by atoms with Crippen molar-refractivity contribution in [3.63, 3.8) is 0 Å². The molecule has 10 heteroatoms. The van der Waals surface area contributed by atoms with Gasteiger partial charge in [0.15, 0.2) is 5.76 Å². The fourth-order valence-electron chi connectivity index (χ4n) is 3.22. The van der Waals surface area contributed by atoms with E-state index in [1.54, 1.807) is 30.5 Å². The summed E-state index contributed by atoms with van der Waals surface area (Å²) in [6.07, 6.45) is 3.12. The molecule has 32 heavy (non-hydrogen) atoms. The molecule has 0 aliphatic carbocycles. The van der Waals surface area contributed by atoms with E-state index in [0.717, 1.165) is 0 Å². The molecule has 2 aromatic carbocycles. The SMILES string of the molecule is O=C(N[C@@H](CO)c1ccc(F)c(Cl)c1)c1cc(-c2oncc2-c2cc(Cl)cc(Cl)c2)c[nH]1. The third-order valence-electron chi connectivity index (χ3n) is 4.77. The van der Waals surface area contributed by atoms with Crippen LogP contribution in [0.5, 0.6) is 0 Å². The zero-order valence-corrected chi connectivity index (χ0v) is 18.5. The van der Waals surface area contributed by atoms with Crippen LogP contribution in [-0.2, 0) is 0 Å². The maximum absolute atomic E-state index is 13.4. The highest BCUT2D eigenvalue weighted by atomic mass is 35.5. The van der Waals surface area contributed by atoms with E-state index >= 15 is 0 Å². The lowest BCUT2D eigenvalue weighted by molar-refractivity contribution is 0.0911. The summed E-state index contributed by atoms with van der Waals surface area (Å²) in [5.74, 6) is -0.651. The van der Waals surface area contributed by atoms with E-state index in [2.05, 4.69) is 15.5 Å². The standard InChI is InChI=1S/C22H15Cl3FN3O3/c23-14-3-12(4-15(24)7-14)16-9-28-32-21(16)13-6-19(27-8-13)22(31)29-20(10-30)11-1-2-18(26)17(25)5-11/h1-9,20,27,30H,10H2,(H,29,31)/t20-/m0/s1. The molecule has 0 bridgehead atoms. The topological polar surface area (TPSA) is 91.2 Å². The van der Waals surface area contributed by atoms with Crippen LogP contribution in [0.25, 0.3) is 22.5 Å². The summed E-state index contributed by atoms with van der Waals surface area (Å²) in [7, 11) is 0. The first-order valence-corrected chi connectivity index (χ1v) is 10.5. The molecule has 2 aromatic heterocycles. The Labute approximate surface area is 196 Å². The number of H-pyrrole nitrogens is 1. The lowest BCUT2D eigenvalue weighted by Crippen LogP contribution is -2.31. The van der Waals surface area contributed by atoms with Gasteiger partial charge < -0.3 is 19.9 Å². The van der Waals surface area contributed by atoms with Crippen LogP contribution in [0.1, 0.15) is 22.1 Å². The van der Waals surface area contributed by atoms with Gasteiger partial charge >= 0.3 is 0 Å². The third kappa shape index (κ3) is 4.66. The van der Waals surface area contributed by atoms with Crippen molar-refractivity contribution in [2.75, 3.05) is 6.61 Å². The van der Waals surface area contributed by atoms with E-state index in [4.69, 9.17) is 39.3 Å². The number of aromatic amines is 1. The van der Waals surface area contributed by atoms with E-state index in [9.17, 15) is 14.3 Å². The Hall–Kier alpha value is -2.84. The molecular weight excluding hydrogens is 480 g/mol. The largest absolute Gasteiger partial charge is 0.394 e. The van der Waals surface area contributed by atoms with Crippen molar-refractivity contribution in [1.29, 1.82) is 0 Å². The monoisotopic (exact) mass is 493 g/mol. The van der Waals surface area contributed by atoms with Crippen molar-refractivity contribution < 1.29 is 18.8 Å². The molecule has 3 N–H and O–H groups in total. The quantitative estimate of drug-likeness (QED) is 0.311. The smallest absolute Gasteiger partial charge is 0.268 e. The number of nitrogens with one attached hydrogen (secondary N) is 2. The second-order valence-corrected chi connectivity index (χ2v) is 8.19. The summed E-state index contributed by atoms with van der Waals surface area (Å²) in [6.45, 7) is -0.400. The van der Waals surface area contributed by atoms with Gasteiger partial charge in [-0.2, -0.15) is 0 Å². The molecule has 4 aromatic rings. The lowest BCUT2D eigenvalue weighted by Gasteiger charge is -2.16. The van der Waals surface area contributed by atoms with Crippen molar-refractivity contribution in [1.82, 2.24) is 15.5 Å². The summed E-state index contributed by atoms with van der Waals surface area (Å²) in [5, 5.41) is 17.1. The zero-order valence-electron chi connectivity index (χ0n) is 16.2. The van der Waals surface area contributed by atoms with E-state index in [1.807, 2.05) is 0 Å². The van der Waals surface area contributed by atoms with Gasteiger partial charge in [-0.1, -0.05) is 46.0 Å². The molecule has 0 radical (unpaired) electrons. The molecule has 0 unspecified atom stereocenters. The van der Waals surface area contributed by atoms with Gasteiger partial charge in [0.05, 0.1) is 23.9 Å². The first-order valence-electron chi connectivity index (χ1n) is 9.32. The highest BCUT2D eigenvalue weighted by Crippen LogP contribution is 2.35. The number of aliphatic hydroxyl groups excluding tert-OH is 1. The molecule has 0 fully saturated rings. The molecule has 2 heterocycles. The van der Waals surface area contributed by atoms with Crippen molar-refractivity contribution in [2.24, 2.45) is 0 Å². The van der Waals surface area contributed by atoms with E-state index < -0.39 is 24.4 Å². The van der Waals surface area contributed by atoms with Crippen molar-refractivity contribution in [3.8, 4) is 22.5 Å². The van der Waals surface area contributed by atoms with Crippen LogP contribution >= 0.6 is 34.8 Å². The number of hydrogen-bond donors (Lipinski definition) is 3. The number of carbonyl (C=O) groups excluding carboxylic acids is 1. The molecule has 0 aliphatic heterocycles. The molecule has 0 saturated carbocycles. The number of hydrogen-bond acceptors (Lipinski definition) is 4. The molecule has 0 saturated heterocycles. The lowest BCUT2D eigenvalue weighted by atomic mass is 10.0.